The number of aromatic nitrogens is 1. The molecule has 2 heterocycles. The van der Waals surface area contributed by atoms with Crippen LogP contribution in [0.2, 0.25) is 5.02 Å². The first-order valence-electron chi connectivity index (χ1n) is 11.1. The maximum Gasteiger partial charge on any atom is 0.270 e. The molecule has 1 amide bonds. The van der Waals surface area contributed by atoms with Crippen molar-refractivity contribution in [2.45, 2.75) is 47.2 Å². The van der Waals surface area contributed by atoms with Crippen LogP contribution < -0.4 is 10.9 Å². The minimum atomic E-state index is -0.354. The number of amides is 1. The molecule has 6 nitrogen and oxygen atoms in total. The SMILES string of the molecule is CCCn1c(NCc2ccccc2Cl)c(/C=C2/SC(=S)N(CC(C)C)C2=O)c(C)c(C#N)c1=O. The normalized spacial score (nSPS) is 14.9. The smallest absolute Gasteiger partial charge is 0.270 e. The van der Waals surface area contributed by atoms with Gasteiger partial charge in [-0.3, -0.25) is 19.1 Å². The molecule has 178 valence electrons. The summed E-state index contributed by atoms with van der Waals surface area (Å²) in [5.74, 6) is 0.664. The van der Waals surface area contributed by atoms with E-state index in [1.54, 1.807) is 22.5 Å². The number of carbonyl (C=O) groups is 1. The van der Waals surface area contributed by atoms with E-state index in [-0.39, 0.29) is 22.9 Å². The lowest BCUT2D eigenvalue weighted by molar-refractivity contribution is -0.122. The molecule has 1 saturated heterocycles. The third-order valence-electron chi connectivity index (χ3n) is 5.42. The second-order valence-corrected chi connectivity index (χ2v) is 10.5. The van der Waals surface area contributed by atoms with Gasteiger partial charge in [-0.1, -0.05) is 74.6 Å². The van der Waals surface area contributed by atoms with Crippen molar-refractivity contribution in [1.29, 1.82) is 5.26 Å². The Hall–Kier alpha value is -2.60. The van der Waals surface area contributed by atoms with Gasteiger partial charge >= 0.3 is 0 Å². The van der Waals surface area contributed by atoms with Gasteiger partial charge in [0, 0.05) is 30.2 Å². The molecular weight excluding hydrogens is 488 g/mol. The number of hydrogen-bond donors (Lipinski definition) is 1. The highest BCUT2D eigenvalue weighted by molar-refractivity contribution is 8.26. The van der Waals surface area contributed by atoms with E-state index in [4.69, 9.17) is 23.8 Å². The van der Waals surface area contributed by atoms with E-state index in [2.05, 4.69) is 11.4 Å². The van der Waals surface area contributed by atoms with Gasteiger partial charge in [0.25, 0.3) is 11.5 Å². The average molecular weight is 515 g/mol. The first-order chi connectivity index (χ1) is 16.2. The van der Waals surface area contributed by atoms with Crippen molar-refractivity contribution in [2.75, 3.05) is 11.9 Å². The molecular formula is C25H27ClN4O2S2. The Labute approximate surface area is 214 Å². The second kappa shape index (κ2) is 11.2. The minimum absolute atomic E-state index is 0.0700. The van der Waals surface area contributed by atoms with Gasteiger partial charge in [0.15, 0.2) is 0 Å². The first-order valence-corrected chi connectivity index (χ1v) is 12.7. The molecule has 34 heavy (non-hydrogen) atoms. The predicted molar refractivity (Wildman–Crippen MR) is 144 cm³/mol. The van der Waals surface area contributed by atoms with Gasteiger partial charge < -0.3 is 5.32 Å². The Morgan fingerprint density at radius 2 is 2.00 bits per heavy atom. The van der Waals surface area contributed by atoms with Gasteiger partial charge in [-0.15, -0.1) is 0 Å². The zero-order valence-corrected chi connectivity index (χ0v) is 22.0. The van der Waals surface area contributed by atoms with Crippen LogP contribution in [0.5, 0.6) is 0 Å². The number of anilines is 1. The monoisotopic (exact) mass is 514 g/mol. The van der Waals surface area contributed by atoms with E-state index in [1.165, 1.54) is 11.8 Å². The van der Waals surface area contributed by atoms with E-state index in [9.17, 15) is 14.9 Å². The van der Waals surface area contributed by atoms with Crippen LogP contribution in [-0.4, -0.2) is 26.2 Å². The number of hydrogen-bond acceptors (Lipinski definition) is 6. The third-order valence-corrected chi connectivity index (χ3v) is 7.17. The first kappa shape index (κ1) is 26.0. The number of nitrogens with one attached hydrogen (secondary N) is 1. The summed E-state index contributed by atoms with van der Waals surface area (Å²) in [4.78, 5) is 28.3. The lowest BCUT2D eigenvalue weighted by atomic mass is 10.0. The van der Waals surface area contributed by atoms with Gasteiger partial charge in [-0.2, -0.15) is 5.26 Å². The molecule has 0 unspecified atom stereocenters. The molecule has 0 radical (unpaired) electrons. The van der Waals surface area contributed by atoms with Gasteiger partial charge in [-0.05, 0) is 42.5 Å². The van der Waals surface area contributed by atoms with Crippen LogP contribution in [0.3, 0.4) is 0 Å². The Morgan fingerprint density at radius 3 is 2.62 bits per heavy atom. The molecule has 9 heteroatoms. The van der Waals surface area contributed by atoms with Crippen LogP contribution in [0, 0.1) is 24.2 Å². The van der Waals surface area contributed by atoms with Crippen LogP contribution in [0.25, 0.3) is 6.08 Å². The number of pyridine rings is 1. The van der Waals surface area contributed by atoms with E-state index >= 15 is 0 Å². The Balaban J connectivity index is 2.16. The number of nitrogens with zero attached hydrogens (tertiary/aromatic N) is 3. The van der Waals surface area contributed by atoms with E-state index in [1.807, 2.05) is 45.0 Å². The van der Waals surface area contributed by atoms with E-state index in [0.717, 1.165) is 5.56 Å². The van der Waals surface area contributed by atoms with Crippen molar-refractivity contribution in [3.05, 3.63) is 66.8 Å². The molecule has 1 aliphatic heterocycles. The molecule has 2 aromatic rings. The number of halogens is 1. The molecule has 0 aliphatic carbocycles. The molecule has 3 rings (SSSR count). The summed E-state index contributed by atoms with van der Waals surface area (Å²) in [5, 5.41) is 13.7. The fraction of sp³-hybridized carbons (Fsp3) is 0.360. The van der Waals surface area contributed by atoms with Crippen LogP contribution in [0.1, 0.15) is 49.4 Å². The summed E-state index contributed by atoms with van der Waals surface area (Å²) in [6.07, 6.45) is 2.45. The number of thiocarbonyl (C=S) groups is 1. The van der Waals surface area contributed by atoms with Gasteiger partial charge in [0.1, 0.15) is 21.8 Å². The standard InChI is InChI=1S/C25H27ClN4O2S2/c1-5-10-29-22(28-13-17-8-6-7-9-20(17)26)18(16(4)19(12-27)23(29)31)11-21-24(32)30(14-15(2)3)25(33)34-21/h6-9,11,15,28H,5,10,13-14H2,1-4H3/b21-11+. The highest BCUT2D eigenvalue weighted by atomic mass is 35.5. The van der Waals surface area contributed by atoms with E-state index in [0.29, 0.717) is 57.2 Å². The average Bonchev–Trinajstić information content (AvgIpc) is 3.05. The van der Waals surface area contributed by atoms with Crippen LogP contribution in [0.4, 0.5) is 5.82 Å². The molecule has 1 aromatic heterocycles. The highest BCUT2D eigenvalue weighted by Crippen LogP contribution is 2.35. The zero-order chi connectivity index (χ0) is 25.0. The number of thioether (sulfide) groups is 1. The van der Waals surface area contributed by atoms with Crippen molar-refractivity contribution >= 4 is 57.7 Å². The maximum atomic E-state index is 13.1. The lowest BCUT2D eigenvalue weighted by Gasteiger charge is -2.20. The summed E-state index contributed by atoms with van der Waals surface area (Å²) in [7, 11) is 0. The van der Waals surface area contributed by atoms with Crippen LogP contribution in [0.15, 0.2) is 34.0 Å². The number of rotatable bonds is 8. The fourth-order valence-corrected chi connectivity index (χ4v) is 5.22. The quantitative estimate of drug-likeness (QED) is 0.367. The maximum absolute atomic E-state index is 13.1. The summed E-state index contributed by atoms with van der Waals surface area (Å²) in [5.41, 5.74) is 1.74. The molecule has 1 fully saturated rings. The summed E-state index contributed by atoms with van der Waals surface area (Å²) in [6.45, 7) is 9.10. The Kier molecular flexibility index (Phi) is 8.58. The zero-order valence-electron chi connectivity index (χ0n) is 19.6. The number of carbonyl (C=O) groups excluding carboxylic acids is 1. The molecule has 1 aliphatic rings. The van der Waals surface area contributed by atoms with Crippen molar-refractivity contribution in [1.82, 2.24) is 9.47 Å². The molecule has 1 aromatic carbocycles. The highest BCUT2D eigenvalue weighted by Gasteiger charge is 2.33. The second-order valence-electron chi connectivity index (χ2n) is 8.46. The molecule has 0 atom stereocenters. The Morgan fingerprint density at radius 1 is 1.29 bits per heavy atom. The van der Waals surface area contributed by atoms with Crippen molar-refractivity contribution in [2.24, 2.45) is 5.92 Å². The molecule has 0 saturated carbocycles. The van der Waals surface area contributed by atoms with Crippen molar-refractivity contribution in [3.8, 4) is 6.07 Å². The van der Waals surface area contributed by atoms with Gasteiger partial charge in [0.2, 0.25) is 0 Å². The molecule has 1 N–H and O–H groups in total. The summed E-state index contributed by atoms with van der Waals surface area (Å²) in [6, 6.07) is 9.52. The van der Waals surface area contributed by atoms with Crippen LogP contribution in [-0.2, 0) is 17.9 Å². The van der Waals surface area contributed by atoms with Gasteiger partial charge in [0.05, 0.1) is 4.91 Å². The fourth-order valence-electron chi connectivity index (χ4n) is 3.76. The minimum Gasteiger partial charge on any atom is -0.367 e. The number of benzene rings is 1. The topological polar surface area (TPSA) is 78.1 Å². The summed E-state index contributed by atoms with van der Waals surface area (Å²) < 4.78 is 2.08. The Bertz CT molecular complexity index is 1260. The lowest BCUT2D eigenvalue weighted by Crippen LogP contribution is -2.31. The van der Waals surface area contributed by atoms with Crippen molar-refractivity contribution in [3.63, 3.8) is 0 Å². The summed E-state index contributed by atoms with van der Waals surface area (Å²) >= 11 is 13.0. The number of nitriles is 1. The molecule has 0 spiro atoms. The van der Waals surface area contributed by atoms with E-state index < -0.39 is 0 Å². The van der Waals surface area contributed by atoms with Crippen molar-refractivity contribution < 1.29 is 4.79 Å². The third kappa shape index (κ3) is 5.38. The predicted octanol–water partition coefficient (Wildman–Crippen LogP) is 5.56. The largest absolute Gasteiger partial charge is 0.367 e. The molecule has 0 bridgehead atoms. The van der Waals surface area contributed by atoms with Gasteiger partial charge in [-0.25, -0.2) is 0 Å². The van der Waals surface area contributed by atoms with Crippen LogP contribution >= 0.6 is 35.6 Å².